The van der Waals surface area contributed by atoms with E-state index in [1.54, 1.807) is 0 Å². The van der Waals surface area contributed by atoms with E-state index < -0.39 is 0 Å². The van der Waals surface area contributed by atoms with Crippen LogP contribution in [0.2, 0.25) is 0 Å². The molecule has 0 aromatic heterocycles. The highest BCUT2D eigenvalue weighted by molar-refractivity contribution is 5.76. The second-order valence-electron chi connectivity index (χ2n) is 4.87. The summed E-state index contributed by atoms with van der Waals surface area (Å²) in [7, 11) is 0. The molecule has 3 N–H and O–H groups in total. The fourth-order valence-corrected chi connectivity index (χ4v) is 1.96. The molecule has 0 heterocycles. The first-order valence-electron chi connectivity index (χ1n) is 6.98. The van der Waals surface area contributed by atoms with Crippen molar-refractivity contribution >= 4 is 11.6 Å². The minimum Gasteiger partial charge on any atom is -0.493 e. The highest BCUT2D eigenvalue weighted by Gasteiger charge is 2.09. The summed E-state index contributed by atoms with van der Waals surface area (Å²) in [6, 6.07) is 16.9. The highest BCUT2D eigenvalue weighted by atomic mass is 16.5. The molecule has 0 aliphatic rings. The lowest BCUT2D eigenvalue weighted by molar-refractivity contribution is -0.122. The van der Waals surface area contributed by atoms with E-state index in [9.17, 15) is 4.79 Å². The minimum atomic E-state index is -0.0465. The molecule has 0 aliphatic heterocycles. The summed E-state index contributed by atoms with van der Waals surface area (Å²) in [5.41, 5.74) is 7.39. The van der Waals surface area contributed by atoms with Gasteiger partial charge in [0.05, 0.1) is 19.1 Å². The summed E-state index contributed by atoms with van der Waals surface area (Å²) in [5, 5.41) is 2.94. The van der Waals surface area contributed by atoms with Crippen molar-refractivity contribution in [2.24, 2.45) is 0 Å². The van der Waals surface area contributed by atoms with Crippen LogP contribution in [0.5, 0.6) is 5.75 Å². The van der Waals surface area contributed by atoms with Crippen LogP contribution >= 0.6 is 0 Å². The van der Waals surface area contributed by atoms with Gasteiger partial charge in [-0.25, -0.2) is 0 Å². The molecular formula is C17H20N2O2. The number of hydrogen-bond acceptors (Lipinski definition) is 3. The van der Waals surface area contributed by atoms with E-state index in [4.69, 9.17) is 10.5 Å². The van der Waals surface area contributed by atoms with Gasteiger partial charge in [0.25, 0.3) is 0 Å². The fraction of sp³-hybridized carbons (Fsp3) is 0.235. The van der Waals surface area contributed by atoms with E-state index >= 15 is 0 Å². The van der Waals surface area contributed by atoms with E-state index in [2.05, 4.69) is 5.32 Å². The predicted molar refractivity (Wildman–Crippen MR) is 84.0 cm³/mol. The van der Waals surface area contributed by atoms with Gasteiger partial charge in [-0.15, -0.1) is 0 Å². The van der Waals surface area contributed by atoms with Crippen LogP contribution in [0.15, 0.2) is 54.6 Å². The van der Waals surface area contributed by atoms with Crippen LogP contribution in [-0.2, 0) is 4.79 Å². The molecule has 0 bridgehead atoms. The van der Waals surface area contributed by atoms with Gasteiger partial charge in [0.1, 0.15) is 5.75 Å². The van der Waals surface area contributed by atoms with Crippen LogP contribution in [-0.4, -0.2) is 12.5 Å². The molecule has 1 atom stereocenters. The summed E-state index contributed by atoms with van der Waals surface area (Å²) in [4.78, 5) is 11.9. The first kappa shape index (κ1) is 14.9. The van der Waals surface area contributed by atoms with E-state index in [0.29, 0.717) is 18.7 Å². The Hall–Kier alpha value is -2.49. The second kappa shape index (κ2) is 7.33. The maximum Gasteiger partial charge on any atom is 0.223 e. The number of nitrogens with two attached hydrogens (primary N) is 1. The smallest absolute Gasteiger partial charge is 0.223 e. The average molecular weight is 284 g/mol. The molecule has 0 spiro atoms. The molecule has 0 radical (unpaired) electrons. The van der Waals surface area contributed by atoms with Crippen LogP contribution in [0.3, 0.4) is 0 Å². The molecule has 21 heavy (non-hydrogen) atoms. The van der Waals surface area contributed by atoms with Gasteiger partial charge in [-0.2, -0.15) is 0 Å². The zero-order valence-corrected chi connectivity index (χ0v) is 12.1. The van der Waals surface area contributed by atoms with Crippen molar-refractivity contribution in [3.05, 3.63) is 60.2 Å². The molecular weight excluding hydrogens is 264 g/mol. The molecule has 0 saturated heterocycles. The van der Waals surface area contributed by atoms with Gasteiger partial charge < -0.3 is 15.8 Å². The lowest BCUT2D eigenvalue weighted by atomic mass is 10.1. The number of benzene rings is 2. The Bertz CT molecular complexity index is 567. The van der Waals surface area contributed by atoms with Crippen LogP contribution in [0, 0.1) is 0 Å². The number of anilines is 1. The van der Waals surface area contributed by atoms with Crippen LogP contribution < -0.4 is 15.8 Å². The quantitative estimate of drug-likeness (QED) is 0.802. The topological polar surface area (TPSA) is 64.3 Å². The summed E-state index contributed by atoms with van der Waals surface area (Å²) >= 11 is 0. The maximum absolute atomic E-state index is 11.9. The third-order valence-electron chi connectivity index (χ3n) is 3.16. The third kappa shape index (κ3) is 4.84. The van der Waals surface area contributed by atoms with Gasteiger partial charge in [-0.05, 0) is 36.8 Å². The maximum atomic E-state index is 11.9. The van der Waals surface area contributed by atoms with Crippen LogP contribution in [0.4, 0.5) is 5.69 Å². The third-order valence-corrected chi connectivity index (χ3v) is 3.16. The van der Waals surface area contributed by atoms with Crippen LogP contribution in [0.25, 0.3) is 0 Å². The van der Waals surface area contributed by atoms with E-state index in [1.807, 2.05) is 61.5 Å². The Morgan fingerprint density at radius 2 is 1.81 bits per heavy atom. The van der Waals surface area contributed by atoms with Crippen LogP contribution in [0.1, 0.15) is 24.9 Å². The van der Waals surface area contributed by atoms with Crippen molar-refractivity contribution in [3.8, 4) is 5.75 Å². The monoisotopic (exact) mass is 284 g/mol. The molecule has 2 aromatic rings. The molecule has 0 aliphatic carbocycles. The SMILES string of the molecule is CC(NC(=O)CCOc1ccccc1)c1ccc(N)cc1. The molecule has 4 nitrogen and oxygen atoms in total. The Morgan fingerprint density at radius 3 is 2.48 bits per heavy atom. The number of rotatable bonds is 6. The number of carbonyl (C=O) groups excluding carboxylic acids is 1. The molecule has 1 unspecified atom stereocenters. The van der Waals surface area contributed by atoms with Crippen molar-refractivity contribution in [2.75, 3.05) is 12.3 Å². The zero-order valence-electron chi connectivity index (χ0n) is 12.1. The molecule has 1 amide bonds. The van der Waals surface area contributed by atoms with E-state index in [-0.39, 0.29) is 11.9 Å². The number of hydrogen-bond donors (Lipinski definition) is 2. The summed E-state index contributed by atoms with van der Waals surface area (Å²) < 4.78 is 5.50. The number of amides is 1. The van der Waals surface area contributed by atoms with Gasteiger partial charge in [-0.1, -0.05) is 30.3 Å². The largest absolute Gasteiger partial charge is 0.493 e. The molecule has 2 aromatic carbocycles. The Kier molecular flexibility index (Phi) is 5.21. The summed E-state index contributed by atoms with van der Waals surface area (Å²) in [5.74, 6) is 0.743. The Balaban J connectivity index is 1.75. The Labute approximate surface area is 124 Å². The molecule has 0 saturated carbocycles. The number of nitrogen functional groups attached to an aromatic ring is 1. The van der Waals surface area contributed by atoms with Gasteiger partial charge in [-0.3, -0.25) is 4.79 Å². The number of para-hydroxylation sites is 1. The lowest BCUT2D eigenvalue weighted by Gasteiger charge is -2.14. The summed E-state index contributed by atoms with van der Waals surface area (Å²) in [6.45, 7) is 2.31. The van der Waals surface area contributed by atoms with Crippen molar-refractivity contribution in [2.45, 2.75) is 19.4 Å². The average Bonchev–Trinajstić information content (AvgIpc) is 2.49. The number of nitrogens with one attached hydrogen (secondary N) is 1. The summed E-state index contributed by atoms with van der Waals surface area (Å²) in [6.07, 6.45) is 0.328. The van der Waals surface area contributed by atoms with Crippen molar-refractivity contribution in [1.29, 1.82) is 0 Å². The first-order chi connectivity index (χ1) is 10.1. The minimum absolute atomic E-state index is 0.0322. The lowest BCUT2D eigenvalue weighted by Crippen LogP contribution is -2.27. The highest BCUT2D eigenvalue weighted by Crippen LogP contribution is 2.14. The standard InChI is InChI=1S/C17H20N2O2/c1-13(14-7-9-15(18)10-8-14)19-17(20)11-12-21-16-5-3-2-4-6-16/h2-10,13H,11-12,18H2,1H3,(H,19,20). The second-order valence-corrected chi connectivity index (χ2v) is 4.87. The van der Waals surface area contributed by atoms with Gasteiger partial charge in [0, 0.05) is 5.69 Å². The molecule has 4 heteroatoms. The van der Waals surface area contributed by atoms with Gasteiger partial charge in [0.15, 0.2) is 0 Å². The Morgan fingerprint density at radius 1 is 1.14 bits per heavy atom. The molecule has 110 valence electrons. The van der Waals surface area contributed by atoms with E-state index in [0.717, 1.165) is 11.3 Å². The molecule has 2 rings (SSSR count). The fourth-order valence-electron chi connectivity index (χ4n) is 1.96. The van der Waals surface area contributed by atoms with Gasteiger partial charge in [0.2, 0.25) is 5.91 Å². The van der Waals surface area contributed by atoms with Crippen molar-refractivity contribution < 1.29 is 9.53 Å². The number of ether oxygens (including phenoxy) is 1. The first-order valence-corrected chi connectivity index (χ1v) is 6.98. The van der Waals surface area contributed by atoms with E-state index in [1.165, 1.54) is 0 Å². The molecule has 0 fully saturated rings. The van der Waals surface area contributed by atoms with Gasteiger partial charge >= 0.3 is 0 Å². The van der Waals surface area contributed by atoms with Crippen molar-refractivity contribution in [1.82, 2.24) is 5.32 Å². The van der Waals surface area contributed by atoms with Crippen molar-refractivity contribution in [3.63, 3.8) is 0 Å². The predicted octanol–water partition coefficient (Wildman–Crippen LogP) is 2.92. The number of carbonyl (C=O) groups is 1. The zero-order chi connectivity index (χ0) is 15.1. The normalized spacial score (nSPS) is 11.7.